The predicted molar refractivity (Wildman–Crippen MR) is 85.5 cm³/mol. The quantitative estimate of drug-likeness (QED) is 0.909. The smallest absolute Gasteiger partial charge is 0.252 e. The van der Waals surface area contributed by atoms with Gasteiger partial charge in [-0.2, -0.15) is 11.3 Å². The van der Waals surface area contributed by atoms with Crippen molar-refractivity contribution in [1.82, 2.24) is 10.2 Å². The summed E-state index contributed by atoms with van der Waals surface area (Å²) in [7, 11) is 1.90. The van der Waals surface area contributed by atoms with Crippen LogP contribution >= 0.6 is 11.3 Å². The van der Waals surface area contributed by atoms with Crippen LogP contribution in [0.1, 0.15) is 49.4 Å². The molecule has 1 aromatic rings. The first-order chi connectivity index (χ1) is 10.1. The maximum atomic E-state index is 12.2. The fourth-order valence-corrected chi connectivity index (χ4v) is 3.65. The summed E-state index contributed by atoms with van der Waals surface area (Å²) >= 11 is 1.50. The lowest BCUT2D eigenvalue weighted by atomic mass is 9.85. The van der Waals surface area contributed by atoms with Crippen LogP contribution in [0.3, 0.4) is 0 Å². The zero-order valence-electron chi connectivity index (χ0n) is 12.8. The third kappa shape index (κ3) is 4.30. The van der Waals surface area contributed by atoms with Crippen LogP contribution in [0, 0.1) is 5.92 Å². The van der Waals surface area contributed by atoms with Gasteiger partial charge in [-0.3, -0.25) is 9.59 Å². The summed E-state index contributed by atoms with van der Waals surface area (Å²) in [5.74, 6) is 0.602. The summed E-state index contributed by atoms with van der Waals surface area (Å²) in [6.45, 7) is 2.63. The number of carbonyl (C=O) groups is 2. The average Bonchev–Trinajstić information content (AvgIpc) is 3.01. The molecule has 1 aromatic heterocycles. The van der Waals surface area contributed by atoms with Gasteiger partial charge >= 0.3 is 0 Å². The molecule has 2 unspecified atom stereocenters. The zero-order chi connectivity index (χ0) is 15.2. The van der Waals surface area contributed by atoms with Crippen LogP contribution in [0.4, 0.5) is 0 Å². The minimum atomic E-state index is -0.0993. The second-order valence-electron chi connectivity index (χ2n) is 5.85. The molecule has 0 radical (unpaired) electrons. The summed E-state index contributed by atoms with van der Waals surface area (Å²) in [6, 6.07) is 2.15. The maximum absolute atomic E-state index is 12.2. The molecule has 0 spiro atoms. The van der Waals surface area contributed by atoms with Crippen molar-refractivity contribution in [3.8, 4) is 0 Å². The SMILES string of the molecule is CC1CCCCC1N(C)C(=O)CCNC(=O)c1ccsc1. The Balaban J connectivity index is 1.75. The van der Waals surface area contributed by atoms with Crippen molar-refractivity contribution in [3.05, 3.63) is 22.4 Å². The Bertz CT molecular complexity index is 473. The minimum absolute atomic E-state index is 0.0993. The summed E-state index contributed by atoms with van der Waals surface area (Å²) in [5.41, 5.74) is 0.668. The molecule has 2 rings (SSSR count). The highest BCUT2D eigenvalue weighted by Gasteiger charge is 2.27. The molecule has 0 bridgehead atoms. The molecule has 1 aliphatic carbocycles. The molecule has 0 aromatic carbocycles. The number of rotatable bonds is 5. The van der Waals surface area contributed by atoms with E-state index in [1.165, 1.54) is 30.6 Å². The van der Waals surface area contributed by atoms with E-state index in [0.717, 1.165) is 6.42 Å². The minimum Gasteiger partial charge on any atom is -0.351 e. The molecule has 4 nitrogen and oxygen atoms in total. The van der Waals surface area contributed by atoms with Gasteiger partial charge in [0.1, 0.15) is 0 Å². The molecule has 2 amide bonds. The van der Waals surface area contributed by atoms with E-state index in [0.29, 0.717) is 30.5 Å². The van der Waals surface area contributed by atoms with Gasteiger partial charge in [-0.15, -0.1) is 0 Å². The first kappa shape index (κ1) is 16.0. The molecule has 1 N–H and O–H groups in total. The van der Waals surface area contributed by atoms with Gasteiger partial charge in [-0.1, -0.05) is 19.8 Å². The van der Waals surface area contributed by atoms with E-state index >= 15 is 0 Å². The van der Waals surface area contributed by atoms with Crippen LogP contribution in [0.5, 0.6) is 0 Å². The molecule has 1 fully saturated rings. The molecule has 5 heteroatoms. The van der Waals surface area contributed by atoms with Gasteiger partial charge in [0, 0.05) is 37.0 Å². The number of hydrogen-bond donors (Lipinski definition) is 1. The van der Waals surface area contributed by atoms with Crippen LogP contribution in [-0.2, 0) is 4.79 Å². The van der Waals surface area contributed by atoms with E-state index < -0.39 is 0 Å². The Hall–Kier alpha value is -1.36. The van der Waals surface area contributed by atoms with Gasteiger partial charge in [0.15, 0.2) is 0 Å². The van der Waals surface area contributed by atoms with Crippen LogP contribution in [-0.4, -0.2) is 36.3 Å². The summed E-state index contributed by atoms with van der Waals surface area (Å²) < 4.78 is 0. The van der Waals surface area contributed by atoms with Gasteiger partial charge < -0.3 is 10.2 Å². The molecule has 0 saturated heterocycles. The van der Waals surface area contributed by atoms with E-state index in [4.69, 9.17) is 0 Å². The van der Waals surface area contributed by atoms with E-state index in [-0.39, 0.29) is 11.8 Å². The lowest BCUT2D eigenvalue weighted by Gasteiger charge is -2.36. The number of carbonyl (C=O) groups excluding carboxylic acids is 2. The van der Waals surface area contributed by atoms with E-state index in [9.17, 15) is 9.59 Å². The standard InChI is InChI=1S/C16H24N2O2S/c1-12-5-3-4-6-14(12)18(2)15(19)7-9-17-16(20)13-8-10-21-11-13/h8,10-12,14H,3-7,9H2,1-2H3,(H,17,20). The van der Waals surface area contributed by atoms with Crippen LogP contribution in [0.15, 0.2) is 16.8 Å². The third-order valence-corrected chi connectivity index (χ3v) is 5.05. The van der Waals surface area contributed by atoms with Crippen LogP contribution in [0.2, 0.25) is 0 Å². The van der Waals surface area contributed by atoms with Crippen LogP contribution < -0.4 is 5.32 Å². The average molecular weight is 308 g/mol. The molecule has 21 heavy (non-hydrogen) atoms. The fraction of sp³-hybridized carbons (Fsp3) is 0.625. The van der Waals surface area contributed by atoms with Gasteiger partial charge in [0.2, 0.25) is 5.91 Å². The highest BCUT2D eigenvalue weighted by molar-refractivity contribution is 7.08. The Morgan fingerprint density at radius 1 is 1.38 bits per heavy atom. The number of amides is 2. The second-order valence-corrected chi connectivity index (χ2v) is 6.63. The summed E-state index contributed by atoms with van der Waals surface area (Å²) in [5, 5.41) is 6.49. The largest absolute Gasteiger partial charge is 0.351 e. The first-order valence-corrected chi connectivity index (χ1v) is 8.60. The maximum Gasteiger partial charge on any atom is 0.252 e. The number of hydrogen-bond acceptors (Lipinski definition) is 3. The van der Waals surface area contributed by atoms with E-state index in [1.54, 1.807) is 6.07 Å². The topological polar surface area (TPSA) is 49.4 Å². The number of nitrogens with zero attached hydrogens (tertiary/aromatic N) is 1. The highest BCUT2D eigenvalue weighted by Crippen LogP contribution is 2.27. The van der Waals surface area contributed by atoms with Gasteiger partial charge in [-0.25, -0.2) is 0 Å². The van der Waals surface area contributed by atoms with Gasteiger partial charge in [0.25, 0.3) is 5.91 Å². The molecule has 0 aliphatic heterocycles. The van der Waals surface area contributed by atoms with Crippen molar-refractivity contribution in [2.75, 3.05) is 13.6 Å². The summed E-state index contributed by atoms with van der Waals surface area (Å²) in [6.07, 6.45) is 5.16. The Kier molecular flexibility index (Phi) is 5.79. The lowest BCUT2D eigenvalue weighted by molar-refractivity contribution is -0.133. The lowest BCUT2D eigenvalue weighted by Crippen LogP contribution is -2.43. The Labute approximate surface area is 130 Å². The first-order valence-electron chi connectivity index (χ1n) is 7.65. The molecule has 1 aliphatic rings. The van der Waals surface area contributed by atoms with Crippen molar-refractivity contribution in [3.63, 3.8) is 0 Å². The number of nitrogens with one attached hydrogen (secondary N) is 1. The zero-order valence-corrected chi connectivity index (χ0v) is 13.6. The Morgan fingerprint density at radius 2 is 2.14 bits per heavy atom. The molecular weight excluding hydrogens is 284 g/mol. The third-order valence-electron chi connectivity index (χ3n) is 4.36. The van der Waals surface area contributed by atoms with Gasteiger partial charge in [-0.05, 0) is 30.2 Å². The van der Waals surface area contributed by atoms with Gasteiger partial charge in [0.05, 0.1) is 0 Å². The molecule has 2 atom stereocenters. The molecular formula is C16H24N2O2S. The number of thiophene rings is 1. The van der Waals surface area contributed by atoms with Crippen molar-refractivity contribution in [1.29, 1.82) is 0 Å². The monoisotopic (exact) mass is 308 g/mol. The van der Waals surface area contributed by atoms with Crippen molar-refractivity contribution in [2.45, 2.75) is 45.1 Å². The molecule has 1 heterocycles. The predicted octanol–water partition coefficient (Wildman–Crippen LogP) is 2.91. The summed E-state index contributed by atoms with van der Waals surface area (Å²) in [4.78, 5) is 25.9. The fourth-order valence-electron chi connectivity index (χ4n) is 3.01. The highest BCUT2D eigenvalue weighted by atomic mass is 32.1. The normalized spacial score (nSPS) is 21.8. The van der Waals surface area contributed by atoms with E-state index in [2.05, 4.69) is 12.2 Å². The van der Waals surface area contributed by atoms with E-state index in [1.807, 2.05) is 22.7 Å². The molecule has 116 valence electrons. The Morgan fingerprint density at radius 3 is 2.81 bits per heavy atom. The van der Waals surface area contributed by atoms with Crippen molar-refractivity contribution < 1.29 is 9.59 Å². The van der Waals surface area contributed by atoms with Crippen molar-refractivity contribution in [2.24, 2.45) is 5.92 Å². The molecule has 1 saturated carbocycles. The van der Waals surface area contributed by atoms with Crippen molar-refractivity contribution >= 4 is 23.2 Å². The van der Waals surface area contributed by atoms with Crippen LogP contribution in [0.25, 0.3) is 0 Å². The second kappa shape index (κ2) is 7.59.